The maximum atomic E-state index is 12.0. The lowest BCUT2D eigenvalue weighted by Gasteiger charge is -2.03. The Morgan fingerprint density at radius 3 is 2.91 bits per heavy atom. The third-order valence-electron chi connectivity index (χ3n) is 3.45. The van der Waals surface area contributed by atoms with Crippen LogP contribution < -0.4 is 10.9 Å². The molecule has 0 saturated heterocycles. The summed E-state index contributed by atoms with van der Waals surface area (Å²) in [6.45, 7) is 1.87. The van der Waals surface area contributed by atoms with Crippen molar-refractivity contribution in [3.63, 3.8) is 0 Å². The molecule has 0 aliphatic carbocycles. The molecule has 7 nitrogen and oxygen atoms in total. The topological polar surface area (TPSA) is 104 Å². The molecule has 0 aliphatic rings. The maximum Gasteiger partial charge on any atom is 0.258 e. The Kier molecular flexibility index (Phi) is 4.18. The minimum Gasteiger partial charge on any atom is -0.310 e. The molecule has 3 rings (SSSR count). The number of rotatable bonds is 5. The summed E-state index contributed by atoms with van der Waals surface area (Å²) in [5.74, 6) is 1.00. The largest absolute Gasteiger partial charge is 0.310 e. The molecule has 0 spiro atoms. The van der Waals surface area contributed by atoms with E-state index in [0.717, 1.165) is 5.69 Å². The van der Waals surface area contributed by atoms with Crippen molar-refractivity contribution in [3.05, 3.63) is 52.2 Å². The Morgan fingerprint density at radius 1 is 1.30 bits per heavy atom. The van der Waals surface area contributed by atoms with Gasteiger partial charge in [0.1, 0.15) is 5.82 Å². The first kappa shape index (κ1) is 15.0. The number of hydrogen-bond acceptors (Lipinski definition) is 4. The fourth-order valence-electron chi connectivity index (χ4n) is 2.36. The predicted molar refractivity (Wildman–Crippen MR) is 87.3 cm³/mol. The highest BCUT2D eigenvalue weighted by molar-refractivity contribution is 5.89. The average molecular weight is 311 g/mol. The summed E-state index contributed by atoms with van der Waals surface area (Å²) in [5.41, 5.74) is 1.41. The molecule has 0 bridgehead atoms. The van der Waals surface area contributed by atoms with Gasteiger partial charge < -0.3 is 10.3 Å². The molecule has 0 saturated carbocycles. The number of benzene rings is 1. The highest BCUT2D eigenvalue weighted by atomic mass is 16.1. The fourth-order valence-corrected chi connectivity index (χ4v) is 2.36. The van der Waals surface area contributed by atoms with Crippen molar-refractivity contribution in [2.24, 2.45) is 0 Å². The average Bonchev–Trinajstić information content (AvgIpc) is 2.92. The number of nitrogens with zero attached hydrogens (tertiary/aromatic N) is 2. The zero-order valence-corrected chi connectivity index (χ0v) is 12.7. The van der Waals surface area contributed by atoms with Gasteiger partial charge in [0.05, 0.1) is 10.9 Å². The molecule has 118 valence electrons. The van der Waals surface area contributed by atoms with E-state index >= 15 is 0 Å². The van der Waals surface area contributed by atoms with E-state index in [-0.39, 0.29) is 11.5 Å². The Labute approximate surface area is 132 Å². The van der Waals surface area contributed by atoms with Crippen LogP contribution in [0.5, 0.6) is 0 Å². The standard InChI is InChI=1S/C16H17N5O2/c1-10-9-14(21-20-10)18-15(22)8-4-7-13-17-12-6-3-2-5-11(12)16(23)19-13/h2-3,5-6,9H,4,7-8H2,1H3,(H,17,19,23)(H2,18,20,21,22). The summed E-state index contributed by atoms with van der Waals surface area (Å²) in [5, 5.41) is 10.0. The number of nitrogens with one attached hydrogen (secondary N) is 3. The zero-order valence-electron chi connectivity index (χ0n) is 12.7. The minimum atomic E-state index is -0.151. The molecule has 0 fully saturated rings. The molecule has 0 atom stereocenters. The number of aromatic amines is 2. The Balaban J connectivity index is 1.58. The number of anilines is 1. The first-order chi connectivity index (χ1) is 11.1. The lowest BCUT2D eigenvalue weighted by Crippen LogP contribution is -2.14. The van der Waals surface area contributed by atoms with Gasteiger partial charge in [-0.05, 0) is 25.5 Å². The lowest BCUT2D eigenvalue weighted by atomic mass is 10.2. The third kappa shape index (κ3) is 3.63. The molecular weight excluding hydrogens is 294 g/mol. The van der Waals surface area contributed by atoms with Crippen molar-refractivity contribution in [1.29, 1.82) is 0 Å². The molecule has 0 unspecified atom stereocenters. The zero-order chi connectivity index (χ0) is 16.2. The smallest absolute Gasteiger partial charge is 0.258 e. The van der Waals surface area contributed by atoms with Gasteiger partial charge in [0.2, 0.25) is 5.91 Å². The van der Waals surface area contributed by atoms with Gasteiger partial charge in [-0.15, -0.1) is 0 Å². The van der Waals surface area contributed by atoms with Crippen LogP contribution >= 0.6 is 0 Å². The van der Waals surface area contributed by atoms with Crippen LogP contribution in [0, 0.1) is 6.92 Å². The van der Waals surface area contributed by atoms with Crippen LogP contribution in [0.1, 0.15) is 24.4 Å². The summed E-state index contributed by atoms with van der Waals surface area (Å²) in [6.07, 6.45) is 1.46. The van der Waals surface area contributed by atoms with Gasteiger partial charge in [0.15, 0.2) is 5.82 Å². The molecule has 2 aromatic heterocycles. The minimum absolute atomic E-state index is 0.111. The third-order valence-corrected chi connectivity index (χ3v) is 3.45. The van der Waals surface area contributed by atoms with Gasteiger partial charge in [0, 0.05) is 24.6 Å². The van der Waals surface area contributed by atoms with Crippen LogP contribution in [0.15, 0.2) is 35.1 Å². The van der Waals surface area contributed by atoms with E-state index < -0.39 is 0 Å². The van der Waals surface area contributed by atoms with Crippen LogP contribution in [0.2, 0.25) is 0 Å². The summed E-state index contributed by atoms with van der Waals surface area (Å²) >= 11 is 0. The SMILES string of the molecule is Cc1cc(NC(=O)CCCc2nc3ccccc3c(=O)[nH]2)n[nH]1. The maximum absolute atomic E-state index is 12.0. The monoisotopic (exact) mass is 311 g/mol. The van der Waals surface area contributed by atoms with Crippen LogP contribution in [0.3, 0.4) is 0 Å². The highest BCUT2D eigenvalue weighted by Crippen LogP contribution is 2.08. The second-order valence-electron chi connectivity index (χ2n) is 5.37. The molecule has 0 aliphatic heterocycles. The second-order valence-corrected chi connectivity index (χ2v) is 5.37. The van der Waals surface area contributed by atoms with E-state index in [0.29, 0.717) is 41.8 Å². The van der Waals surface area contributed by atoms with Crippen molar-refractivity contribution < 1.29 is 4.79 Å². The number of aryl methyl sites for hydroxylation is 2. The van der Waals surface area contributed by atoms with Gasteiger partial charge in [-0.1, -0.05) is 12.1 Å². The Bertz CT molecular complexity index is 897. The van der Waals surface area contributed by atoms with Crippen LogP contribution in [-0.2, 0) is 11.2 Å². The van der Waals surface area contributed by atoms with Gasteiger partial charge >= 0.3 is 0 Å². The summed E-state index contributed by atoms with van der Waals surface area (Å²) in [4.78, 5) is 31.0. The number of amides is 1. The number of H-pyrrole nitrogens is 2. The van der Waals surface area contributed by atoms with Crippen molar-refractivity contribution in [2.45, 2.75) is 26.2 Å². The van der Waals surface area contributed by atoms with Gasteiger partial charge in [0.25, 0.3) is 5.56 Å². The van der Waals surface area contributed by atoms with E-state index in [2.05, 4.69) is 25.5 Å². The van der Waals surface area contributed by atoms with Crippen LogP contribution in [0.4, 0.5) is 5.82 Å². The second kappa shape index (κ2) is 6.43. The molecule has 3 aromatic rings. The van der Waals surface area contributed by atoms with E-state index in [1.165, 1.54) is 0 Å². The molecule has 7 heteroatoms. The van der Waals surface area contributed by atoms with Crippen LogP contribution in [-0.4, -0.2) is 26.1 Å². The number of aromatic nitrogens is 4. The first-order valence-electron chi connectivity index (χ1n) is 7.41. The predicted octanol–water partition coefficient (Wildman–Crippen LogP) is 1.92. The Morgan fingerprint density at radius 2 is 2.13 bits per heavy atom. The summed E-state index contributed by atoms with van der Waals surface area (Å²) < 4.78 is 0. The normalized spacial score (nSPS) is 10.8. The van der Waals surface area contributed by atoms with Crippen molar-refractivity contribution in [3.8, 4) is 0 Å². The molecule has 3 N–H and O–H groups in total. The molecule has 1 aromatic carbocycles. The van der Waals surface area contributed by atoms with Gasteiger partial charge in [-0.25, -0.2) is 4.98 Å². The van der Waals surface area contributed by atoms with Crippen molar-refractivity contribution in [1.82, 2.24) is 20.2 Å². The van der Waals surface area contributed by atoms with Crippen molar-refractivity contribution in [2.75, 3.05) is 5.32 Å². The number of fused-ring (bicyclic) bond motifs is 1. The van der Waals surface area contributed by atoms with Gasteiger partial charge in [-0.3, -0.25) is 14.7 Å². The fraction of sp³-hybridized carbons (Fsp3) is 0.250. The van der Waals surface area contributed by atoms with Crippen molar-refractivity contribution >= 4 is 22.6 Å². The number of carbonyl (C=O) groups excluding carboxylic acids is 1. The number of carbonyl (C=O) groups is 1. The molecule has 23 heavy (non-hydrogen) atoms. The molecule has 0 radical (unpaired) electrons. The van der Waals surface area contributed by atoms with E-state index in [1.54, 1.807) is 24.3 Å². The summed E-state index contributed by atoms with van der Waals surface area (Å²) in [6, 6.07) is 8.96. The summed E-state index contributed by atoms with van der Waals surface area (Å²) in [7, 11) is 0. The first-order valence-corrected chi connectivity index (χ1v) is 7.41. The van der Waals surface area contributed by atoms with E-state index in [1.807, 2.05) is 13.0 Å². The van der Waals surface area contributed by atoms with Crippen LogP contribution in [0.25, 0.3) is 10.9 Å². The van der Waals surface area contributed by atoms with E-state index in [9.17, 15) is 9.59 Å². The highest BCUT2D eigenvalue weighted by Gasteiger charge is 2.07. The van der Waals surface area contributed by atoms with Gasteiger partial charge in [-0.2, -0.15) is 5.10 Å². The van der Waals surface area contributed by atoms with E-state index in [4.69, 9.17) is 0 Å². The molecule has 1 amide bonds. The molecule has 2 heterocycles. The number of para-hydroxylation sites is 1. The number of hydrogen-bond donors (Lipinski definition) is 3. The Hall–Kier alpha value is -2.96. The molecular formula is C16H17N5O2. The quantitative estimate of drug-likeness (QED) is 0.669. The lowest BCUT2D eigenvalue weighted by molar-refractivity contribution is -0.116.